The van der Waals surface area contributed by atoms with Crippen LogP contribution in [-0.4, -0.2) is 77.1 Å². The topological polar surface area (TPSA) is 133 Å². The largest absolute Gasteiger partial charge is 0.492 e. The van der Waals surface area contributed by atoms with Gasteiger partial charge in [-0.15, -0.1) is 0 Å². The zero-order valence-corrected chi connectivity index (χ0v) is 26.4. The number of rotatable bonds is 19. The number of allylic oxidation sites excluding steroid dienone is 1. The summed E-state index contributed by atoms with van der Waals surface area (Å²) in [5.41, 5.74) is 0.233. The average molecular weight is 620 g/mol. The number of carbonyl (C=O) groups is 3. The Morgan fingerprint density at radius 2 is 1.42 bits per heavy atom. The van der Waals surface area contributed by atoms with Crippen molar-refractivity contribution in [1.29, 1.82) is 0 Å². The van der Waals surface area contributed by atoms with Crippen molar-refractivity contribution >= 4 is 18.3 Å². The van der Waals surface area contributed by atoms with Crippen molar-refractivity contribution in [1.82, 2.24) is 16.0 Å². The van der Waals surface area contributed by atoms with Crippen LogP contribution in [0, 0.1) is 10.8 Å². The van der Waals surface area contributed by atoms with E-state index in [-0.39, 0.29) is 30.1 Å². The molecule has 0 aromatic heterocycles. The lowest BCUT2D eigenvalue weighted by atomic mass is 9.62. The fourth-order valence-electron chi connectivity index (χ4n) is 5.19. The molecule has 3 amide bonds. The van der Waals surface area contributed by atoms with Crippen LogP contribution in [0.5, 0.6) is 0 Å². The van der Waals surface area contributed by atoms with E-state index < -0.39 is 31.0 Å². The van der Waals surface area contributed by atoms with Crippen LogP contribution in [0.1, 0.15) is 79.1 Å². The summed E-state index contributed by atoms with van der Waals surface area (Å²) in [4.78, 5) is 36.0. The maximum Gasteiger partial charge on any atom is 0.407 e. The van der Waals surface area contributed by atoms with E-state index in [1.54, 1.807) is 6.92 Å². The number of methoxy groups -OCH3 is 1. The third-order valence-corrected chi connectivity index (χ3v) is 6.97. The van der Waals surface area contributed by atoms with Gasteiger partial charge in [-0.05, 0) is 55.4 Å². The third kappa shape index (κ3) is 17.6. The molecule has 0 aromatic rings. The molecule has 0 bridgehead atoms. The van der Waals surface area contributed by atoms with Crippen molar-refractivity contribution < 1.29 is 46.8 Å². The van der Waals surface area contributed by atoms with E-state index in [0.717, 1.165) is 44.8 Å². The number of ether oxygens (including phenoxy) is 5. The summed E-state index contributed by atoms with van der Waals surface area (Å²) in [5.74, 6) is 0.489. The van der Waals surface area contributed by atoms with Gasteiger partial charge in [0.2, 0.25) is 0 Å². The van der Waals surface area contributed by atoms with E-state index in [0.29, 0.717) is 44.7 Å². The van der Waals surface area contributed by atoms with Gasteiger partial charge in [-0.2, -0.15) is 8.78 Å². The van der Waals surface area contributed by atoms with Gasteiger partial charge < -0.3 is 39.6 Å². The fourth-order valence-corrected chi connectivity index (χ4v) is 5.19. The molecule has 248 valence electrons. The summed E-state index contributed by atoms with van der Waals surface area (Å²) in [6.45, 7) is 15.7. The van der Waals surface area contributed by atoms with E-state index in [4.69, 9.17) is 14.2 Å². The molecule has 0 radical (unpaired) electrons. The van der Waals surface area contributed by atoms with Crippen molar-refractivity contribution in [2.45, 2.75) is 91.2 Å². The summed E-state index contributed by atoms with van der Waals surface area (Å²) in [6.07, 6.45) is 0.609. The highest BCUT2D eigenvalue weighted by Gasteiger charge is 2.42. The molecule has 13 heteroatoms. The number of carbonyl (C=O) groups excluding carboxylic acids is 3. The Hall–Kier alpha value is -3.09. The quantitative estimate of drug-likeness (QED) is 0.0689. The minimum atomic E-state index is -3.55. The first-order valence-corrected chi connectivity index (χ1v) is 14.7. The Labute approximate surface area is 254 Å². The summed E-state index contributed by atoms with van der Waals surface area (Å²) in [6, 6.07) is -0.303. The van der Waals surface area contributed by atoms with Crippen molar-refractivity contribution in [2.75, 3.05) is 46.6 Å². The third-order valence-electron chi connectivity index (χ3n) is 6.97. The lowest BCUT2D eigenvalue weighted by Crippen LogP contribution is -2.50. The molecule has 2 unspecified atom stereocenters. The van der Waals surface area contributed by atoms with Crippen molar-refractivity contribution in [2.24, 2.45) is 10.8 Å². The molecule has 0 aromatic carbocycles. The van der Waals surface area contributed by atoms with Gasteiger partial charge in [0.25, 0.3) is 0 Å². The molecule has 1 saturated carbocycles. The summed E-state index contributed by atoms with van der Waals surface area (Å²) in [5, 5.41) is 8.10. The van der Waals surface area contributed by atoms with Crippen LogP contribution in [0.15, 0.2) is 24.5 Å². The Morgan fingerprint density at radius 1 is 0.837 bits per heavy atom. The normalized spacial score (nSPS) is 19.5. The van der Waals surface area contributed by atoms with E-state index in [2.05, 4.69) is 52.4 Å². The van der Waals surface area contributed by atoms with Crippen LogP contribution in [0.3, 0.4) is 0 Å². The zero-order valence-electron chi connectivity index (χ0n) is 26.4. The van der Waals surface area contributed by atoms with Crippen LogP contribution >= 0.6 is 0 Å². The second kappa shape index (κ2) is 18.5. The Morgan fingerprint density at radius 3 is 2.00 bits per heavy atom. The molecule has 0 saturated heterocycles. The van der Waals surface area contributed by atoms with Gasteiger partial charge in [-0.25, -0.2) is 14.4 Å². The van der Waals surface area contributed by atoms with Crippen molar-refractivity contribution in [3.63, 3.8) is 0 Å². The molecule has 0 heterocycles. The Balaban J connectivity index is 2.18. The van der Waals surface area contributed by atoms with E-state index in [9.17, 15) is 23.2 Å². The number of unbranched alkanes of at least 4 members (excludes halogenated alkanes) is 4. The predicted octanol–water partition coefficient (Wildman–Crippen LogP) is 6.05. The maximum atomic E-state index is 13.2. The van der Waals surface area contributed by atoms with Crippen LogP contribution in [0.4, 0.5) is 23.2 Å². The fraction of sp³-hybridized carbons (Fsp3) is 0.767. The SMILES string of the molecule is C=C(C)C(=C)OCCNC(=O)OCCCCCCCOC(=O)NCC1(C)CC(NC(=O)OCC(F)(F)OC)CC(C)(C)C1. The molecule has 1 aliphatic rings. The standard InChI is InChI=1S/C30H51F2N3O8/c1-22(2)23(3)40-16-13-33-25(36)41-14-11-9-8-10-12-15-42-26(37)34-20-29(6)18-24(17-28(4,5)19-29)35-27(38)43-21-30(31,32)39-7/h24H,1,3,8-21H2,2,4-7H3,(H,33,36)(H,34,37)(H,35,38). The molecule has 2 atom stereocenters. The van der Waals surface area contributed by atoms with Crippen molar-refractivity contribution in [3.05, 3.63) is 24.5 Å². The minimum Gasteiger partial charge on any atom is -0.492 e. The van der Waals surface area contributed by atoms with Gasteiger partial charge in [0.1, 0.15) is 12.4 Å². The van der Waals surface area contributed by atoms with Gasteiger partial charge in [0.15, 0.2) is 6.61 Å². The van der Waals surface area contributed by atoms with Crippen LogP contribution < -0.4 is 16.0 Å². The van der Waals surface area contributed by atoms with Gasteiger partial charge in [-0.3, -0.25) is 0 Å². The summed E-state index contributed by atoms with van der Waals surface area (Å²) < 4.78 is 50.7. The number of amides is 3. The summed E-state index contributed by atoms with van der Waals surface area (Å²) >= 11 is 0. The molecule has 0 spiro atoms. The molecule has 11 nitrogen and oxygen atoms in total. The number of hydrogen-bond acceptors (Lipinski definition) is 8. The molecular formula is C30H51F2N3O8. The van der Waals surface area contributed by atoms with E-state index in [1.165, 1.54) is 0 Å². The van der Waals surface area contributed by atoms with Gasteiger partial charge >= 0.3 is 24.4 Å². The zero-order chi connectivity index (χ0) is 32.5. The van der Waals surface area contributed by atoms with E-state index in [1.807, 2.05) is 6.92 Å². The maximum absolute atomic E-state index is 13.2. The van der Waals surface area contributed by atoms with Gasteiger partial charge in [-0.1, -0.05) is 53.2 Å². The Kier molecular flexibility index (Phi) is 16.4. The van der Waals surface area contributed by atoms with Crippen LogP contribution in [0.2, 0.25) is 0 Å². The number of hydrogen-bond donors (Lipinski definition) is 3. The highest BCUT2D eigenvalue weighted by Crippen LogP contribution is 2.45. The number of halogens is 2. The molecule has 0 aliphatic heterocycles. The number of alkyl halides is 2. The Bertz CT molecular complexity index is 931. The molecule has 43 heavy (non-hydrogen) atoms. The van der Waals surface area contributed by atoms with E-state index >= 15 is 0 Å². The molecule has 1 aliphatic carbocycles. The van der Waals surface area contributed by atoms with Crippen LogP contribution in [0.25, 0.3) is 0 Å². The van der Waals surface area contributed by atoms with Gasteiger partial charge in [0.05, 0.1) is 19.8 Å². The predicted molar refractivity (Wildman–Crippen MR) is 158 cm³/mol. The molecule has 1 rings (SSSR count). The molecule has 3 N–H and O–H groups in total. The van der Waals surface area contributed by atoms with Crippen molar-refractivity contribution in [3.8, 4) is 0 Å². The first-order chi connectivity index (χ1) is 20.1. The number of alkyl carbamates (subject to hydrolysis) is 3. The highest BCUT2D eigenvalue weighted by molar-refractivity contribution is 5.68. The smallest absolute Gasteiger partial charge is 0.407 e. The highest BCUT2D eigenvalue weighted by atomic mass is 19.3. The minimum absolute atomic E-state index is 0.155. The first-order valence-electron chi connectivity index (χ1n) is 14.7. The second-order valence-electron chi connectivity index (χ2n) is 12.2. The second-order valence-corrected chi connectivity index (χ2v) is 12.2. The molecular weight excluding hydrogens is 568 g/mol. The lowest BCUT2D eigenvalue weighted by Gasteiger charge is -2.46. The average Bonchev–Trinajstić information content (AvgIpc) is 2.91. The van der Waals surface area contributed by atoms with Gasteiger partial charge in [0, 0.05) is 19.7 Å². The number of nitrogens with one attached hydrogen (secondary N) is 3. The summed E-state index contributed by atoms with van der Waals surface area (Å²) in [7, 11) is 0.835. The molecule has 1 fully saturated rings. The first kappa shape index (κ1) is 37.9. The lowest BCUT2D eigenvalue weighted by molar-refractivity contribution is -0.241. The monoisotopic (exact) mass is 619 g/mol. The van der Waals surface area contributed by atoms with Crippen LogP contribution in [-0.2, 0) is 23.7 Å².